The third kappa shape index (κ3) is 12.6. The maximum Gasteiger partial charge on any atom is 0.336 e. The highest BCUT2D eigenvalue weighted by molar-refractivity contribution is 5.99. The summed E-state index contributed by atoms with van der Waals surface area (Å²) in [5.74, 6) is 0.434. The molecule has 1 amide bonds. The maximum absolute atomic E-state index is 12.4. The SMILES string of the molecule is CC/C=C\C/C=C\C/C=C\C/C=C\C/C=C\C/C=C\CCC(=O)Nc1cc[n+](CCCOc2c3occc3cc3ccc(=O)oc23)cc1. The van der Waals surface area contributed by atoms with Gasteiger partial charge in [0.2, 0.25) is 11.7 Å². The average molecular weight is 648 g/mol. The molecule has 1 N–H and O–H groups in total. The van der Waals surface area contributed by atoms with Crippen LogP contribution in [-0.4, -0.2) is 12.5 Å². The van der Waals surface area contributed by atoms with Gasteiger partial charge in [-0.1, -0.05) is 79.8 Å². The second kappa shape index (κ2) is 20.9. The van der Waals surface area contributed by atoms with Crippen molar-refractivity contribution in [2.45, 2.75) is 71.3 Å². The molecular formula is C41H47N2O5+. The summed E-state index contributed by atoms with van der Waals surface area (Å²) in [5.41, 5.74) is 1.28. The van der Waals surface area contributed by atoms with E-state index in [0.29, 0.717) is 42.9 Å². The third-order valence-corrected chi connectivity index (χ3v) is 7.40. The largest absolute Gasteiger partial charge is 0.486 e. The van der Waals surface area contributed by atoms with Crippen LogP contribution in [0.2, 0.25) is 0 Å². The Balaban J connectivity index is 1.06. The summed E-state index contributed by atoms with van der Waals surface area (Å²) in [7, 11) is 0. The Kier molecular flexibility index (Phi) is 15.5. The topological polar surface area (TPSA) is 85.6 Å². The van der Waals surface area contributed by atoms with Crippen LogP contribution in [0.4, 0.5) is 5.69 Å². The number of rotatable bonds is 20. The summed E-state index contributed by atoms with van der Waals surface area (Å²) < 4.78 is 19.1. The van der Waals surface area contributed by atoms with Crippen LogP contribution in [0.1, 0.15) is 64.7 Å². The predicted molar refractivity (Wildman–Crippen MR) is 195 cm³/mol. The minimum absolute atomic E-state index is 0.00772. The van der Waals surface area contributed by atoms with Crippen LogP contribution >= 0.6 is 0 Å². The van der Waals surface area contributed by atoms with Crippen LogP contribution in [-0.2, 0) is 11.3 Å². The number of nitrogens with one attached hydrogen (secondary N) is 1. The monoisotopic (exact) mass is 647 g/mol. The molecule has 48 heavy (non-hydrogen) atoms. The van der Waals surface area contributed by atoms with Gasteiger partial charge < -0.3 is 18.9 Å². The zero-order chi connectivity index (χ0) is 33.7. The predicted octanol–water partition coefficient (Wildman–Crippen LogP) is 9.71. The van der Waals surface area contributed by atoms with Gasteiger partial charge in [0.15, 0.2) is 30.1 Å². The number of aryl methyl sites for hydroxylation is 1. The summed E-state index contributed by atoms with van der Waals surface area (Å²) in [4.78, 5) is 24.2. The van der Waals surface area contributed by atoms with Crippen LogP contribution in [0.3, 0.4) is 0 Å². The highest BCUT2D eigenvalue weighted by Gasteiger charge is 2.15. The number of pyridine rings is 1. The molecule has 4 rings (SSSR count). The van der Waals surface area contributed by atoms with E-state index >= 15 is 0 Å². The van der Waals surface area contributed by atoms with Gasteiger partial charge in [-0.2, -0.15) is 0 Å². The van der Waals surface area contributed by atoms with Crippen molar-refractivity contribution in [2.24, 2.45) is 0 Å². The molecule has 0 aliphatic carbocycles. The van der Waals surface area contributed by atoms with Crippen molar-refractivity contribution in [3.63, 3.8) is 0 Å². The first-order valence-corrected chi connectivity index (χ1v) is 16.9. The number of carbonyl (C=O) groups is 1. The summed E-state index contributed by atoms with van der Waals surface area (Å²) in [6.45, 7) is 3.28. The smallest absolute Gasteiger partial charge is 0.336 e. The molecule has 7 nitrogen and oxygen atoms in total. The number of hydrogen-bond acceptors (Lipinski definition) is 5. The first-order valence-electron chi connectivity index (χ1n) is 16.9. The Morgan fingerprint density at radius 3 is 2.02 bits per heavy atom. The Morgan fingerprint density at radius 1 is 0.771 bits per heavy atom. The zero-order valence-electron chi connectivity index (χ0n) is 27.9. The molecular weight excluding hydrogens is 600 g/mol. The summed E-state index contributed by atoms with van der Waals surface area (Å²) in [6.07, 6.45) is 39.3. The first kappa shape index (κ1) is 35.7. The van der Waals surface area contributed by atoms with Gasteiger partial charge in [-0.05, 0) is 63.1 Å². The first-order chi connectivity index (χ1) is 23.6. The number of benzene rings is 1. The molecule has 0 fully saturated rings. The van der Waals surface area contributed by atoms with Crippen LogP contribution in [0.5, 0.6) is 5.75 Å². The molecule has 0 saturated heterocycles. The second-order valence-corrected chi connectivity index (χ2v) is 11.2. The maximum atomic E-state index is 12.4. The molecule has 0 saturated carbocycles. The standard InChI is InChI=1S/C41H46N2O5/c1-2-3-4-5-6-7-8-9-10-11-12-13-14-15-16-17-18-19-20-22-37(44)42-36-25-29-43(30-26-36)28-21-31-46-41-39-35(27-32-47-39)33-34-23-24-38(45)48-40(34)41/h3-4,6-7,9-10,12-13,15-16,18-19,23-27,29-30,32-33H,2,5,8,11,14,17,20-22,28,31H2,1H3/p+1/b4-3-,7-6-,10-9-,13-12-,16-15-,19-18-. The van der Waals surface area contributed by atoms with Crippen molar-refractivity contribution in [1.82, 2.24) is 0 Å². The molecule has 0 aliphatic heterocycles. The molecule has 0 atom stereocenters. The van der Waals surface area contributed by atoms with Gasteiger partial charge in [-0.3, -0.25) is 4.79 Å². The van der Waals surface area contributed by atoms with E-state index < -0.39 is 5.63 Å². The fourth-order valence-electron chi connectivity index (χ4n) is 4.93. The molecule has 3 heterocycles. The van der Waals surface area contributed by atoms with Gasteiger partial charge in [0.25, 0.3) is 0 Å². The number of carbonyl (C=O) groups excluding carboxylic acids is 1. The van der Waals surface area contributed by atoms with Crippen molar-refractivity contribution in [2.75, 3.05) is 11.9 Å². The van der Waals surface area contributed by atoms with E-state index in [1.807, 2.05) is 41.2 Å². The lowest BCUT2D eigenvalue weighted by atomic mass is 10.1. The Morgan fingerprint density at radius 2 is 1.38 bits per heavy atom. The lowest BCUT2D eigenvalue weighted by Gasteiger charge is -2.08. The average Bonchev–Trinajstić information content (AvgIpc) is 3.56. The number of aromatic nitrogens is 1. The molecule has 3 aromatic heterocycles. The molecule has 4 aromatic rings. The van der Waals surface area contributed by atoms with Crippen molar-refractivity contribution < 1.29 is 22.9 Å². The lowest BCUT2D eigenvalue weighted by Crippen LogP contribution is -2.33. The Hall–Kier alpha value is -5.17. The number of amides is 1. The van der Waals surface area contributed by atoms with Crippen LogP contribution in [0.15, 0.2) is 142 Å². The highest BCUT2D eigenvalue weighted by Crippen LogP contribution is 2.35. The fraction of sp³-hybridized carbons (Fsp3) is 0.293. The normalized spacial score (nSPS) is 12.4. The van der Waals surface area contributed by atoms with Crippen molar-refractivity contribution in [3.05, 3.63) is 138 Å². The molecule has 7 heteroatoms. The van der Waals surface area contributed by atoms with Gasteiger partial charge >= 0.3 is 5.63 Å². The van der Waals surface area contributed by atoms with Crippen molar-refractivity contribution in [3.8, 4) is 5.75 Å². The van der Waals surface area contributed by atoms with Gasteiger partial charge in [-0.25, -0.2) is 9.36 Å². The van der Waals surface area contributed by atoms with Gasteiger partial charge in [0, 0.05) is 41.8 Å². The van der Waals surface area contributed by atoms with Gasteiger partial charge in [0.1, 0.15) is 0 Å². The summed E-state index contributed by atoms with van der Waals surface area (Å²) >= 11 is 0. The van der Waals surface area contributed by atoms with Crippen molar-refractivity contribution in [1.29, 1.82) is 0 Å². The number of nitrogens with zero attached hydrogens (tertiary/aromatic N) is 1. The van der Waals surface area contributed by atoms with Gasteiger partial charge in [-0.15, -0.1) is 0 Å². The summed E-state index contributed by atoms with van der Waals surface area (Å²) in [6, 6.07) is 10.7. The van der Waals surface area contributed by atoms with Gasteiger partial charge in [0.05, 0.1) is 18.6 Å². The van der Waals surface area contributed by atoms with E-state index in [4.69, 9.17) is 13.6 Å². The number of ether oxygens (including phenoxy) is 1. The molecule has 0 radical (unpaired) electrons. The van der Waals surface area contributed by atoms with E-state index in [1.54, 1.807) is 12.3 Å². The Bertz CT molecular complexity index is 1800. The van der Waals surface area contributed by atoms with E-state index in [1.165, 1.54) is 6.07 Å². The third-order valence-electron chi connectivity index (χ3n) is 7.40. The van der Waals surface area contributed by atoms with E-state index in [0.717, 1.165) is 61.4 Å². The van der Waals surface area contributed by atoms with Crippen LogP contribution in [0, 0.1) is 0 Å². The van der Waals surface area contributed by atoms with Crippen LogP contribution in [0.25, 0.3) is 21.9 Å². The molecule has 0 aliphatic rings. The minimum Gasteiger partial charge on any atom is -0.486 e. The molecule has 0 spiro atoms. The molecule has 1 aromatic carbocycles. The summed E-state index contributed by atoms with van der Waals surface area (Å²) in [5, 5.41) is 4.63. The number of anilines is 1. The van der Waals surface area contributed by atoms with E-state index in [2.05, 4.69) is 85.2 Å². The lowest BCUT2D eigenvalue weighted by molar-refractivity contribution is -0.697. The second-order valence-electron chi connectivity index (χ2n) is 11.2. The van der Waals surface area contributed by atoms with Crippen molar-refractivity contribution >= 4 is 33.5 Å². The molecule has 0 unspecified atom stereocenters. The van der Waals surface area contributed by atoms with E-state index in [-0.39, 0.29) is 5.91 Å². The number of fused-ring (bicyclic) bond motifs is 2. The highest BCUT2D eigenvalue weighted by atomic mass is 16.5. The van der Waals surface area contributed by atoms with E-state index in [9.17, 15) is 9.59 Å². The van der Waals surface area contributed by atoms with Crippen LogP contribution < -0.4 is 20.2 Å². The number of furan rings is 1. The molecule has 0 bridgehead atoms. The molecule has 250 valence electrons. The zero-order valence-corrected chi connectivity index (χ0v) is 27.9. The minimum atomic E-state index is -0.435. The Labute approximate surface area is 283 Å². The fourth-order valence-corrected chi connectivity index (χ4v) is 4.93. The number of allylic oxidation sites excluding steroid dienone is 12. The quantitative estimate of drug-likeness (QED) is 0.0447. The number of hydrogen-bond donors (Lipinski definition) is 1.